The van der Waals surface area contributed by atoms with E-state index in [-0.39, 0.29) is 35.9 Å². The summed E-state index contributed by atoms with van der Waals surface area (Å²) in [6, 6.07) is 7.29. The van der Waals surface area contributed by atoms with E-state index in [4.69, 9.17) is 33.2 Å². The van der Waals surface area contributed by atoms with Gasteiger partial charge in [-0.2, -0.15) is 0 Å². The molecule has 2 fully saturated rings. The Balaban J connectivity index is 1.41. The van der Waals surface area contributed by atoms with E-state index in [0.717, 1.165) is 11.1 Å². The average Bonchev–Trinajstić information content (AvgIpc) is 3.56. The maximum atomic E-state index is 13.0. The van der Waals surface area contributed by atoms with E-state index in [9.17, 15) is 25.2 Å². The number of benzene rings is 2. The van der Waals surface area contributed by atoms with Crippen LogP contribution in [0.2, 0.25) is 0 Å². The number of fused-ring (bicyclic) bond motifs is 3. The molecule has 2 saturated heterocycles. The van der Waals surface area contributed by atoms with E-state index < -0.39 is 49.1 Å². The number of carbonyl (C=O) groups is 1. The number of cyclic esters (lactones) is 1. The monoisotopic (exact) mass is 546 g/mol. The SMILES string of the molecule is COc1cc(C2c3cc4c(cc3CC3COC(=O)C32)OCO4)cc(OC)c1OC1OC(CO)C(O)C(O)C1O. The molecular formula is C27H30O12. The molecule has 0 amide bonds. The van der Waals surface area contributed by atoms with Gasteiger partial charge in [0.05, 0.1) is 33.4 Å². The van der Waals surface area contributed by atoms with Gasteiger partial charge in [-0.1, -0.05) is 0 Å². The molecule has 2 aromatic rings. The van der Waals surface area contributed by atoms with Crippen LogP contribution in [0, 0.1) is 11.8 Å². The van der Waals surface area contributed by atoms with Crippen molar-refractivity contribution < 1.29 is 58.4 Å². The predicted octanol–water partition coefficient (Wildman–Crippen LogP) is 0.0884. The summed E-state index contributed by atoms with van der Waals surface area (Å²) in [6.07, 6.45) is -6.71. The Bertz CT molecular complexity index is 1240. The molecule has 0 bridgehead atoms. The Morgan fingerprint density at radius 2 is 1.62 bits per heavy atom. The van der Waals surface area contributed by atoms with Crippen molar-refractivity contribution in [1.82, 2.24) is 0 Å². The topological polar surface area (TPSA) is 163 Å². The smallest absolute Gasteiger partial charge is 0.310 e. The molecule has 210 valence electrons. The lowest BCUT2D eigenvalue weighted by atomic mass is 9.67. The number of hydrogen-bond donors (Lipinski definition) is 4. The molecule has 1 aliphatic carbocycles. The van der Waals surface area contributed by atoms with E-state index in [1.165, 1.54) is 14.2 Å². The number of methoxy groups -OCH3 is 2. The molecule has 6 rings (SSSR count). The molecule has 4 aliphatic rings. The molecule has 8 atom stereocenters. The summed E-state index contributed by atoms with van der Waals surface area (Å²) in [7, 11) is 2.86. The van der Waals surface area contributed by atoms with Crippen LogP contribution in [0.4, 0.5) is 0 Å². The van der Waals surface area contributed by atoms with Crippen LogP contribution >= 0.6 is 0 Å². The van der Waals surface area contributed by atoms with Gasteiger partial charge in [0.15, 0.2) is 23.0 Å². The summed E-state index contributed by atoms with van der Waals surface area (Å²) < 4.78 is 39.4. The van der Waals surface area contributed by atoms with Crippen LogP contribution in [0.1, 0.15) is 22.6 Å². The molecule has 12 heteroatoms. The highest BCUT2D eigenvalue weighted by Gasteiger charge is 2.49. The van der Waals surface area contributed by atoms with Crippen molar-refractivity contribution in [3.63, 3.8) is 0 Å². The third-order valence-electron chi connectivity index (χ3n) is 7.95. The van der Waals surface area contributed by atoms with E-state index >= 15 is 0 Å². The van der Waals surface area contributed by atoms with E-state index in [1.54, 1.807) is 12.1 Å². The maximum Gasteiger partial charge on any atom is 0.310 e. The molecule has 8 unspecified atom stereocenters. The fourth-order valence-electron chi connectivity index (χ4n) is 5.98. The lowest BCUT2D eigenvalue weighted by Gasteiger charge is -2.39. The second kappa shape index (κ2) is 10.0. The van der Waals surface area contributed by atoms with Crippen molar-refractivity contribution in [2.75, 3.05) is 34.2 Å². The third-order valence-corrected chi connectivity index (χ3v) is 7.95. The van der Waals surface area contributed by atoms with Gasteiger partial charge in [-0.15, -0.1) is 0 Å². The van der Waals surface area contributed by atoms with Gasteiger partial charge in [0, 0.05) is 11.8 Å². The zero-order valence-electron chi connectivity index (χ0n) is 21.3. The molecule has 4 N–H and O–H groups in total. The Morgan fingerprint density at radius 3 is 2.28 bits per heavy atom. The minimum atomic E-state index is -1.62. The molecule has 12 nitrogen and oxygen atoms in total. The van der Waals surface area contributed by atoms with E-state index in [1.807, 2.05) is 12.1 Å². The molecule has 0 radical (unpaired) electrons. The largest absolute Gasteiger partial charge is 0.493 e. The van der Waals surface area contributed by atoms with Crippen LogP contribution in [0.15, 0.2) is 24.3 Å². The zero-order valence-corrected chi connectivity index (χ0v) is 21.3. The van der Waals surface area contributed by atoms with E-state index in [2.05, 4.69) is 0 Å². The number of carbonyl (C=O) groups excluding carboxylic acids is 1. The van der Waals surface area contributed by atoms with Gasteiger partial charge in [0.2, 0.25) is 18.8 Å². The van der Waals surface area contributed by atoms with E-state index in [0.29, 0.717) is 30.1 Å². The summed E-state index contributed by atoms with van der Waals surface area (Å²) in [4.78, 5) is 13.0. The van der Waals surface area contributed by atoms with Gasteiger partial charge in [-0.25, -0.2) is 0 Å². The predicted molar refractivity (Wildman–Crippen MR) is 130 cm³/mol. The molecule has 0 saturated carbocycles. The number of ether oxygens (including phenoxy) is 7. The minimum absolute atomic E-state index is 0.0302. The number of esters is 1. The fraction of sp³-hybridized carbons (Fsp3) is 0.519. The highest BCUT2D eigenvalue weighted by atomic mass is 16.7. The van der Waals surface area contributed by atoms with Crippen LogP contribution in [0.25, 0.3) is 0 Å². The molecule has 2 aromatic carbocycles. The summed E-state index contributed by atoms with van der Waals surface area (Å²) in [5, 5.41) is 40.3. The zero-order chi connectivity index (χ0) is 27.4. The average molecular weight is 547 g/mol. The van der Waals surface area contributed by atoms with Crippen molar-refractivity contribution in [3.8, 4) is 28.7 Å². The van der Waals surface area contributed by atoms with Crippen molar-refractivity contribution in [3.05, 3.63) is 41.0 Å². The Kier molecular flexibility index (Phi) is 6.68. The number of aliphatic hydroxyl groups excluding tert-OH is 4. The highest BCUT2D eigenvalue weighted by molar-refractivity contribution is 5.78. The van der Waals surface area contributed by atoms with Gasteiger partial charge >= 0.3 is 5.97 Å². The molecule has 39 heavy (non-hydrogen) atoms. The quantitative estimate of drug-likeness (QED) is 0.362. The van der Waals surface area contributed by atoms with Crippen LogP contribution in [0.5, 0.6) is 28.7 Å². The molecule has 0 aromatic heterocycles. The second-order valence-corrected chi connectivity index (χ2v) is 10.1. The Labute approximate surface area is 223 Å². The van der Waals surface area contributed by atoms with Crippen LogP contribution in [-0.2, 0) is 20.7 Å². The summed E-state index contributed by atoms with van der Waals surface area (Å²) in [5.41, 5.74) is 2.65. The first-order chi connectivity index (χ1) is 18.8. The fourth-order valence-corrected chi connectivity index (χ4v) is 5.98. The van der Waals surface area contributed by atoms with Gasteiger partial charge in [0.1, 0.15) is 24.4 Å². The first kappa shape index (κ1) is 26.0. The highest BCUT2D eigenvalue weighted by Crippen LogP contribution is 2.52. The molecule has 3 heterocycles. The second-order valence-electron chi connectivity index (χ2n) is 10.1. The minimum Gasteiger partial charge on any atom is -0.493 e. The van der Waals surface area contributed by atoms with Gasteiger partial charge in [-0.3, -0.25) is 4.79 Å². The van der Waals surface area contributed by atoms with Gasteiger partial charge in [-0.05, 0) is 47.4 Å². The number of aliphatic hydroxyl groups is 4. The summed E-state index contributed by atoms with van der Waals surface area (Å²) in [6.45, 7) is -0.153. The number of rotatable bonds is 6. The van der Waals surface area contributed by atoms with Crippen LogP contribution in [-0.4, -0.2) is 91.3 Å². The standard InChI is InChI=1S/C27H30O12/c1-33-17-5-12(6-18(34-2)25(17)39-27-24(31)23(30)22(29)19(8-28)38-27)20-14-7-16-15(36-10-37-16)4-11(14)3-13-9-35-26(32)21(13)20/h4-7,13,19-24,27-31H,3,8-10H2,1-2H3. The Morgan fingerprint density at radius 1 is 0.923 bits per heavy atom. The molecule has 3 aliphatic heterocycles. The normalized spacial score (nSPS) is 32.7. The van der Waals surface area contributed by atoms with Crippen LogP contribution < -0.4 is 23.7 Å². The maximum absolute atomic E-state index is 13.0. The summed E-state index contributed by atoms with van der Waals surface area (Å²) >= 11 is 0. The lowest BCUT2D eigenvalue weighted by Crippen LogP contribution is -2.60. The molecular weight excluding hydrogens is 516 g/mol. The van der Waals surface area contributed by atoms with Crippen molar-refractivity contribution in [2.45, 2.75) is 43.0 Å². The first-order valence-electron chi connectivity index (χ1n) is 12.7. The third kappa shape index (κ3) is 4.23. The van der Waals surface area contributed by atoms with Gasteiger partial charge < -0.3 is 53.6 Å². The van der Waals surface area contributed by atoms with Gasteiger partial charge in [0.25, 0.3) is 0 Å². The van der Waals surface area contributed by atoms with Crippen LogP contribution in [0.3, 0.4) is 0 Å². The van der Waals surface area contributed by atoms with Crippen molar-refractivity contribution in [2.24, 2.45) is 11.8 Å². The summed E-state index contributed by atoms with van der Waals surface area (Å²) in [5.74, 6) is 0.608. The van der Waals surface area contributed by atoms with Crippen molar-refractivity contribution >= 4 is 5.97 Å². The molecule has 0 spiro atoms. The Hall–Kier alpha value is -3.29. The lowest BCUT2D eigenvalue weighted by molar-refractivity contribution is -0.277. The number of hydrogen-bond acceptors (Lipinski definition) is 12. The first-order valence-corrected chi connectivity index (χ1v) is 12.7. The van der Waals surface area contributed by atoms with Crippen molar-refractivity contribution in [1.29, 1.82) is 0 Å².